The van der Waals surface area contributed by atoms with E-state index in [9.17, 15) is 18.0 Å². The third kappa shape index (κ3) is 5.55. The summed E-state index contributed by atoms with van der Waals surface area (Å²) in [5, 5.41) is 4.82. The van der Waals surface area contributed by atoms with Gasteiger partial charge in [-0.15, -0.1) is 11.3 Å². The molecule has 0 bridgehead atoms. The molecular formula is C14H13F3N2OS. The summed E-state index contributed by atoms with van der Waals surface area (Å²) in [6, 6.07) is 9.74. The SMILES string of the molecule is O=C(CC(F)(F)F)NCc1csc(Cc2ccccc2)n1. The second kappa shape index (κ2) is 6.71. The highest BCUT2D eigenvalue weighted by Crippen LogP contribution is 2.19. The number of nitrogens with one attached hydrogen (secondary N) is 1. The van der Waals surface area contributed by atoms with Crippen LogP contribution in [0.5, 0.6) is 0 Å². The van der Waals surface area contributed by atoms with Crippen molar-refractivity contribution in [2.75, 3.05) is 0 Å². The van der Waals surface area contributed by atoms with E-state index in [1.54, 1.807) is 5.38 Å². The zero-order valence-electron chi connectivity index (χ0n) is 11.0. The smallest absolute Gasteiger partial charge is 0.350 e. The summed E-state index contributed by atoms with van der Waals surface area (Å²) in [6.45, 7) is 0.0141. The van der Waals surface area contributed by atoms with E-state index in [0.717, 1.165) is 10.6 Å². The van der Waals surface area contributed by atoms with E-state index < -0.39 is 18.5 Å². The maximum atomic E-state index is 12.0. The Morgan fingerprint density at radius 3 is 2.62 bits per heavy atom. The van der Waals surface area contributed by atoms with Crippen LogP contribution in [0.1, 0.15) is 22.7 Å². The lowest BCUT2D eigenvalue weighted by Gasteiger charge is -2.06. The first-order chi connectivity index (χ1) is 9.92. The van der Waals surface area contributed by atoms with Gasteiger partial charge in [-0.2, -0.15) is 13.2 Å². The molecule has 3 nitrogen and oxygen atoms in total. The largest absolute Gasteiger partial charge is 0.397 e. The van der Waals surface area contributed by atoms with Gasteiger partial charge in [0.1, 0.15) is 6.42 Å². The first-order valence-electron chi connectivity index (χ1n) is 6.23. The minimum absolute atomic E-state index is 0.0141. The number of nitrogens with zero attached hydrogens (tertiary/aromatic N) is 1. The number of alkyl halides is 3. The van der Waals surface area contributed by atoms with Crippen LogP contribution in [0.15, 0.2) is 35.7 Å². The highest BCUT2D eigenvalue weighted by Gasteiger charge is 2.30. The molecule has 0 aliphatic heterocycles. The molecule has 2 aromatic rings. The van der Waals surface area contributed by atoms with Crippen molar-refractivity contribution in [1.29, 1.82) is 0 Å². The van der Waals surface area contributed by atoms with E-state index in [-0.39, 0.29) is 6.54 Å². The Kier molecular flexibility index (Phi) is 4.95. The van der Waals surface area contributed by atoms with Crippen LogP contribution in [-0.4, -0.2) is 17.1 Å². The monoisotopic (exact) mass is 314 g/mol. The Bertz CT molecular complexity index is 596. The summed E-state index contributed by atoms with van der Waals surface area (Å²) in [4.78, 5) is 15.4. The quantitative estimate of drug-likeness (QED) is 0.920. The topological polar surface area (TPSA) is 42.0 Å². The number of carbonyl (C=O) groups is 1. The molecule has 1 heterocycles. The second-order valence-electron chi connectivity index (χ2n) is 4.46. The van der Waals surface area contributed by atoms with Crippen LogP contribution in [0.25, 0.3) is 0 Å². The van der Waals surface area contributed by atoms with E-state index in [1.807, 2.05) is 30.3 Å². The molecule has 1 N–H and O–H groups in total. The zero-order chi connectivity index (χ0) is 15.3. The van der Waals surface area contributed by atoms with Crippen molar-refractivity contribution in [3.05, 3.63) is 52.0 Å². The van der Waals surface area contributed by atoms with Crippen molar-refractivity contribution < 1.29 is 18.0 Å². The van der Waals surface area contributed by atoms with Crippen LogP contribution >= 0.6 is 11.3 Å². The first-order valence-corrected chi connectivity index (χ1v) is 7.11. The number of benzene rings is 1. The lowest BCUT2D eigenvalue weighted by molar-refractivity contribution is -0.153. The van der Waals surface area contributed by atoms with Gasteiger partial charge in [-0.25, -0.2) is 4.98 Å². The minimum atomic E-state index is -4.48. The Morgan fingerprint density at radius 2 is 1.95 bits per heavy atom. The fourth-order valence-corrected chi connectivity index (χ4v) is 2.54. The number of aromatic nitrogens is 1. The molecule has 0 saturated carbocycles. The molecular weight excluding hydrogens is 301 g/mol. The van der Waals surface area contributed by atoms with Gasteiger partial charge >= 0.3 is 6.18 Å². The van der Waals surface area contributed by atoms with Crippen LogP contribution in [0.4, 0.5) is 13.2 Å². The fourth-order valence-electron chi connectivity index (χ4n) is 1.72. The van der Waals surface area contributed by atoms with Gasteiger partial charge < -0.3 is 5.32 Å². The number of carbonyl (C=O) groups excluding carboxylic acids is 1. The van der Waals surface area contributed by atoms with Crippen LogP contribution < -0.4 is 5.32 Å². The predicted octanol–water partition coefficient (Wildman–Crippen LogP) is 3.30. The molecule has 0 atom stereocenters. The van der Waals surface area contributed by atoms with Crippen LogP contribution in [0.2, 0.25) is 0 Å². The summed E-state index contributed by atoms with van der Waals surface area (Å²) in [6.07, 6.45) is -5.28. The van der Waals surface area contributed by atoms with Gasteiger partial charge in [0.2, 0.25) is 5.91 Å². The standard InChI is InChI=1S/C14H13F3N2OS/c15-14(16,17)7-12(20)18-8-11-9-21-13(19-11)6-10-4-2-1-3-5-10/h1-5,9H,6-8H2,(H,18,20). The Labute approximate surface area is 123 Å². The molecule has 0 unspecified atom stereocenters. The third-order valence-electron chi connectivity index (χ3n) is 2.63. The fraction of sp³-hybridized carbons (Fsp3) is 0.286. The molecule has 0 aliphatic carbocycles. The van der Waals surface area contributed by atoms with E-state index in [0.29, 0.717) is 12.1 Å². The highest BCUT2D eigenvalue weighted by molar-refractivity contribution is 7.09. The number of rotatable bonds is 5. The van der Waals surface area contributed by atoms with Gasteiger partial charge in [-0.05, 0) is 5.56 Å². The van der Waals surface area contributed by atoms with Crippen LogP contribution in [-0.2, 0) is 17.8 Å². The highest BCUT2D eigenvalue weighted by atomic mass is 32.1. The van der Waals surface area contributed by atoms with Crippen molar-refractivity contribution in [2.45, 2.75) is 25.6 Å². The summed E-state index contributed by atoms with van der Waals surface area (Å²) < 4.78 is 36.0. The normalized spacial score (nSPS) is 11.4. The number of thiazole rings is 1. The van der Waals surface area contributed by atoms with Gasteiger partial charge in [0.25, 0.3) is 0 Å². The Balaban J connectivity index is 1.85. The Morgan fingerprint density at radius 1 is 1.24 bits per heavy atom. The number of hydrogen-bond donors (Lipinski definition) is 1. The van der Waals surface area contributed by atoms with Gasteiger partial charge in [0.15, 0.2) is 0 Å². The summed E-state index contributed by atoms with van der Waals surface area (Å²) in [5.41, 5.74) is 1.68. The van der Waals surface area contributed by atoms with Gasteiger partial charge in [-0.1, -0.05) is 30.3 Å². The Hall–Kier alpha value is -1.89. The number of amides is 1. The maximum Gasteiger partial charge on any atom is 0.397 e. The first kappa shape index (κ1) is 15.5. The maximum absolute atomic E-state index is 12.0. The van der Waals surface area contributed by atoms with E-state index in [2.05, 4.69) is 10.3 Å². The summed E-state index contributed by atoms with van der Waals surface area (Å²) >= 11 is 1.42. The minimum Gasteiger partial charge on any atom is -0.350 e. The molecule has 2 rings (SSSR count). The van der Waals surface area contributed by atoms with Crippen molar-refractivity contribution in [3.8, 4) is 0 Å². The number of halogens is 3. The van der Waals surface area contributed by atoms with Crippen LogP contribution in [0, 0.1) is 0 Å². The molecule has 1 aromatic carbocycles. The number of hydrogen-bond acceptors (Lipinski definition) is 3. The average molecular weight is 314 g/mol. The summed E-state index contributed by atoms with van der Waals surface area (Å²) in [5.74, 6) is -1.04. The third-order valence-corrected chi connectivity index (χ3v) is 3.52. The molecule has 21 heavy (non-hydrogen) atoms. The van der Waals surface area contributed by atoms with Crippen molar-refractivity contribution in [1.82, 2.24) is 10.3 Å². The van der Waals surface area contributed by atoms with Crippen LogP contribution in [0.3, 0.4) is 0 Å². The molecule has 1 amide bonds. The lowest BCUT2D eigenvalue weighted by atomic mass is 10.2. The van der Waals surface area contributed by atoms with Gasteiger partial charge in [0.05, 0.1) is 17.2 Å². The summed E-state index contributed by atoms with van der Waals surface area (Å²) in [7, 11) is 0. The zero-order valence-corrected chi connectivity index (χ0v) is 11.8. The molecule has 0 aliphatic rings. The average Bonchev–Trinajstić information content (AvgIpc) is 2.83. The molecule has 0 saturated heterocycles. The molecule has 0 radical (unpaired) electrons. The van der Waals surface area contributed by atoms with Crippen molar-refractivity contribution in [2.24, 2.45) is 0 Å². The molecule has 7 heteroatoms. The molecule has 112 valence electrons. The van der Waals surface area contributed by atoms with E-state index in [1.165, 1.54) is 11.3 Å². The van der Waals surface area contributed by atoms with Crippen molar-refractivity contribution in [3.63, 3.8) is 0 Å². The van der Waals surface area contributed by atoms with Crippen molar-refractivity contribution >= 4 is 17.2 Å². The van der Waals surface area contributed by atoms with E-state index >= 15 is 0 Å². The second-order valence-corrected chi connectivity index (χ2v) is 5.41. The molecule has 0 spiro atoms. The predicted molar refractivity (Wildman–Crippen MR) is 73.9 cm³/mol. The molecule has 0 fully saturated rings. The van der Waals surface area contributed by atoms with E-state index in [4.69, 9.17) is 0 Å². The molecule has 1 aromatic heterocycles. The van der Waals surface area contributed by atoms with Gasteiger partial charge in [-0.3, -0.25) is 4.79 Å². The van der Waals surface area contributed by atoms with Gasteiger partial charge in [0, 0.05) is 11.8 Å². The lowest BCUT2D eigenvalue weighted by Crippen LogP contribution is -2.28.